The van der Waals surface area contributed by atoms with Crippen LogP contribution in [0.5, 0.6) is 5.75 Å². The van der Waals surface area contributed by atoms with Gasteiger partial charge in [-0.2, -0.15) is 5.11 Å². The molecular weight excluding hydrogens is 422 g/mol. The van der Waals surface area contributed by atoms with Gasteiger partial charge in [-0.15, -0.1) is 0 Å². The molecular formula is C21H20ClN5O4. The molecule has 3 amide bonds. The normalized spacial score (nSPS) is 19.7. The molecule has 2 aliphatic rings. The van der Waals surface area contributed by atoms with E-state index in [1.165, 1.54) is 18.2 Å². The average Bonchev–Trinajstić information content (AvgIpc) is 3.24. The predicted molar refractivity (Wildman–Crippen MR) is 114 cm³/mol. The number of nitrogens with one attached hydrogen (secondary N) is 1. The van der Waals surface area contributed by atoms with Crippen LogP contribution < -0.4 is 15.0 Å². The monoisotopic (exact) mass is 441 g/mol. The van der Waals surface area contributed by atoms with Gasteiger partial charge in [0.05, 0.1) is 17.8 Å². The van der Waals surface area contributed by atoms with Gasteiger partial charge in [-0.1, -0.05) is 29.0 Å². The topological polar surface area (TPSA) is 104 Å². The third-order valence-electron chi connectivity index (χ3n) is 5.22. The number of halogens is 1. The second-order valence-corrected chi connectivity index (χ2v) is 7.80. The van der Waals surface area contributed by atoms with Crippen molar-refractivity contribution in [2.24, 2.45) is 10.3 Å². The van der Waals surface area contributed by atoms with Crippen LogP contribution in [0.15, 0.2) is 46.7 Å². The largest absolute Gasteiger partial charge is 0.495 e. The average molecular weight is 442 g/mol. The van der Waals surface area contributed by atoms with Crippen LogP contribution in [0, 0.1) is 13.8 Å². The number of methoxy groups -OCH3 is 1. The van der Waals surface area contributed by atoms with Gasteiger partial charge in [0.2, 0.25) is 5.91 Å². The van der Waals surface area contributed by atoms with Gasteiger partial charge in [0.25, 0.3) is 11.8 Å². The molecule has 2 aliphatic heterocycles. The molecule has 160 valence electrons. The van der Waals surface area contributed by atoms with E-state index in [0.717, 1.165) is 16.0 Å². The molecule has 1 fully saturated rings. The number of hydrogen-bond acceptors (Lipinski definition) is 7. The Balaban J connectivity index is 1.51. The molecule has 4 rings (SSSR count). The van der Waals surface area contributed by atoms with Gasteiger partial charge < -0.3 is 10.1 Å². The SMILES string of the molecule is COc1ccc(N2C(=O)[C@H]3N=NN(CC(=O)Nc4cc(C)ccc4C)[C@H]3C2=O)cc1Cl. The molecule has 10 heteroatoms. The van der Waals surface area contributed by atoms with E-state index in [-0.39, 0.29) is 17.5 Å². The smallest absolute Gasteiger partial charge is 0.263 e. The van der Waals surface area contributed by atoms with Gasteiger partial charge in [-0.25, -0.2) is 4.90 Å². The molecule has 2 heterocycles. The fraction of sp³-hybridized carbons (Fsp3) is 0.286. The summed E-state index contributed by atoms with van der Waals surface area (Å²) >= 11 is 6.14. The minimum absolute atomic E-state index is 0.214. The number of nitrogens with zero attached hydrogens (tertiary/aromatic N) is 4. The van der Waals surface area contributed by atoms with Crippen molar-refractivity contribution < 1.29 is 19.1 Å². The maximum atomic E-state index is 13.0. The molecule has 0 spiro atoms. The number of benzene rings is 2. The first-order valence-corrected chi connectivity index (χ1v) is 9.94. The molecule has 2 aromatic rings. The third-order valence-corrected chi connectivity index (χ3v) is 5.52. The van der Waals surface area contributed by atoms with Crippen molar-refractivity contribution in [1.29, 1.82) is 0 Å². The first-order chi connectivity index (χ1) is 14.8. The van der Waals surface area contributed by atoms with E-state index in [4.69, 9.17) is 16.3 Å². The minimum atomic E-state index is -0.998. The highest BCUT2D eigenvalue weighted by molar-refractivity contribution is 6.33. The number of aryl methyl sites for hydroxylation is 2. The maximum Gasteiger partial charge on any atom is 0.263 e. The van der Waals surface area contributed by atoms with Crippen molar-refractivity contribution in [2.75, 3.05) is 23.9 Å². The van der Waals surface area contributed by atoms with Crippen LogP contribution in [0.4, 0.5) is 11.4 Å². The van der Waals surface area contributed by atoms with Crippen LogP contribution in [0.2, 0.25) is 5.02 Å². The van der Waals surface area contributed by atoms with E-state index in [2.05, 4.69) is 15.7 Å². The number of amides is 3. The Hall–Kier alpha value is -3.46. The Labute approximate surface area is 183 Å². The Kier molecular flexibility index (Phi) is 5.36. The summed E-state index contributed by atoms with van der Waals surface area (Å²) in [4.78, 5) is 39.5. The van der Waals surface area contributed by atoms with Crippen LogP contribution in [0.3, 0.4) is 0 Å². The van der Waals surface area contributed by atoms with E-state index in [1.54, 1.807) is 12.1 Å². The molecule has 0 saturated carbocycles. The molecule has 0 aliphatic carbocycles. The molecule has 1 N–H and O–H groups in total. The summed E-state index contributed by atoms with van der Waals surface area (Å²) in [5.41, 5.74) is 2.91. The molecule has 0 radical (unpaired) electrons. The second kappa shape index (κ2) is 7.99. The predicted octanol–water partition coefficient (Wildman–Crippen LogP) is 2.90. The molecule has 0 unspecified atom stereocenters. The van der Waals surface area contributed by atoms with Crippen molar-refractivity contribution in [3.63, 3.8) is 0 Å². The van der Waals surface area contributed by atoms with Gasteiger partial charge in [0, 0.05) is 5.69 Å². The minimum Gasteiger partial charge on any atom is -0.495 e. The highest BCUT2D eigenvalue weighted by Gasteiger charge is 2.55. The summed E-state index contributed by atoms with van der Waals surface area (Å²) in [6.45, 7) is 3.60. The van der Waals surface area contributed by atoms with Crippen molar-refractivity contribution in [1.82, 2.24) is 5.01 Å². The quantitative estimate of drug-likeness (QED) is 0.718. The Morgan fingerprint density at radius 1 is 1.16 bits per heavy atom. The molecule has 0 aromatic heterocycles. The number of hydrogen-bond donors (Lipinski definition) is 1. The zero-order valence-corrected chi connectivity index (χ0v) is 17.9. The van der Waals surface area contributed by atoms with Crippen LogP contribution in [0.1, 0.15) is 11.1 Å². The Morgan fingerprint density at radius 2 is 1.94 bits per heavy atom. The third kappa shape index (κ3) is 3.72. The van der Waals surface area contributed by atoms with Crippen LogP contribution in [-0.4, -0.2) is 48.5 Å². The number of anilines is 2. The zero-order chi connectivity index (χ0) is 22.3. The molecule has 9 nitrogen and oxygen atoms in total. The molecule has 1 saturated heterocycles. The molecule has 2 aromatic carbocycles. The summed E-state index contributed by atoms with van der Waals surface area (Å²) in [7, 11) is 1.47. The van der Waals surface area contributed by atoms with Crippen molar-refractivity contribution in [3.05, 3.63) is 52.5 Å². The van der Waals surface area contributed by atoms with Crippen LogP contribution in [-0.2, 0) is 14.4 Å². The lowest BCUT2D eigenvalue weighted by Crippen LogP contribution is -2.43. The standard InChI is InChI=1S/C21H20ClN5O4/c1-11-4-5-12(2)15(8-11)23-17(28)10-26-19-18(24-25-26)20(29)27(21(19)30)13-6-7-16(31-3)14(22)9-13/h4-9,18-19H,10H2,1-3H3,(H,23,28)/t18-,19+/m0/s1. The maximum absolute atomic E-state index is 13.0. The summed E-state index contributed by atoms with van der Waals surface area (Å²) in [6, 6.07) is 8.37. The van der Waals surface area contributed by atoms with Crippen molar-refractivity contribution >= 4 is 40.7 Å². The van der Waals surface area contributed by atoms with E-state index in [1.807, 2.05) is 32.0 Å². The van der Waals surface area contributed by atoms with E-state index < -0.39 is 23.9 Å². The highest BCUT2D eigenvalue weighted by atomic mass is 35.5. The van der Waals surface area contributed by atoms with Crippen LogP contribution >= 0.6 is 11.6 Å². The summed E-state index contributed by atoms with van der Waals surface area (Å²) in [5, 5.41) is 12.2. The highest BCUT2D eigenvalue weighted by Crippen LogP contribution is 2.35. The first kappa shape index (κ1) is 20.8. The lowest BCUT2D eigenvalue weighted by Gasteiger charge is -2.20. The number of rotatable bonds is 5. The fourth-order valence-electron chi connectivity index (χ4n) is 3.61. The van der Waals surface area contributed by atoms with Gasteiger partial charge >= 0.3 is 0 Å². The first-order valence-electron chi connectivity index (χ1n) is 9.56. The second-order valence-electron chi connectivity index (χ2n) is 7.39. The molecule has 31 heavy (non-hydrogen) atoms. The van der Waals surface area contributed by atoms with Crippen molar-refractivity contribution in [2.45, 2.75) is 25.9 Å². The number of carbonyl (C=O) groups is 3. The summed E-state index contributed by atoms with van der Waals surface area (Å²) in [5.74, 6) is -0.966. The lowest BCUT2D eigenvalue weighted by molar-refractivity contribution is -0.123. The number of imide groups is 1. The van der Waals surface area contributed by atoms with Gasteiger partial charge in [-0.3, -0.25) is 19.4 Å². The summed E-state index contributed by atoms with van der Waals surface area (Å²) in [6.07, 6.45) is 0. The van der Waals surface area contributed by atoms with Gasteiger partial charge in [-0.05, 0) is 49.2 Å². The van der Waals surface area contributed by atoms with E-state index >= 15 is 0 Å². The fourth-order valence-corrected chi connectivity index (χ4v) is 3.86. The number of ether oxygens (including phenoxy) is 1. The molecule has 0 bridgehead atoms. The van der Waals surface area contributed by atoms with Gasteiger partial charge in [0.15, 0.2) is 12.1 Å². The lowest BCUT2D eigenvalue weighted by atomic mass is 10.1. The van der Waals surface area contributed by atoms with Gasteiger partial charge in [0.1, 0.15) is 12.3 Å². The summed E-state index contributed by atoms with van der Waals surface area (Å²) < 4.78 is 5.11. The van der Waals surface area contributed by atoms with Crippen molar-refractivity contribution in [3.8, 4) is 5.75 Å². The van der Waals surface area contributed by atoms with E-state index in [0.29, 0.717) is 17.1 Å². The number of fused-ring (bicyclic) bond motifs is 1. The van der Waals surface area contributed by atoms with Crippen LogP contribution in [0.25, 0.3) is 0 Å². The number of carbonyl (C=O) groups excluding carboxylic acids is 3. The molecule has 2 atom stereocenters. The van der Waals surface area contributed by atoms with E-state index in [9.17, 15) is 14.4 Å². The Bertz CT molecular complexity index is 1120. The zero-order valence-electron chi connectivity index (χ0n) is 17.1. The Morgan fingerprint density at radius 3 is 2.65 bits per heavy atom.